The average Bonchev–Trinajstić information content (AvgIpc) is 2.33. The van der Waals surface area contributed by atoms with Crippen molar-refractivity contribution in [2.45, 2.75) is 33.1 Å². The standard InChI is InChI=1S/C14H27N3O3/c1-14(2,11-13(19)20)10-12(18)16-4-3-7-17-8-5-15-6-9-17/h15H,3-11H2,1-2H3,(H,16,18)(H,19,20). The first-order valence-electron chi connectivity index (χ1n) is 7.31. The number of carboxylic acids is 1. The van der Waals surface area contributed by atoms with Crippen LogP contribution in [0.15, 0.2) is 0 Å². The maximum absolute atomic E-state index is 11.8. The molecule has 1 aliphatic rings. The minimum atomic E-state index is -0.860. The van der Waals surface area contributed by atoms with Crippen LogP contribution < -0.4 is 10.6 Å². The largest absolute Gasteiger partial charge is 0.481 e. The van der Waals surface area contributed by atoms with E-state index in [1.54, 1.807) is 13.8 Å². The van der Waals surface area contributed by atoms with E-state index in [4.69, 9.17) is 5.11 Å². The van der Waals surface area contributed by atoms with Crippen LogP contribution in [0.4, 0.5) is 0 Å². The molecule has 20 heavy (non-hydrogen) atoms. The van der Waals surface area contributed by atoms with Crippen LogP contribution in [0.2, 0.25) is 0 Å². The van der Waals surface area contributed by atoms with Crippen LogP contribution in [0.1, 0.15) is 33.1 Å². The van der Waals surface area contributed by atoms with Crippen molar-refractivity contribution in [3.8, 4) is 0 Å². The van der Waals surface area contributed by atoms with E-state index >= 15 is 0 Å². The molecule has 6 nitrogen and oxygen atoms in total. The molecular formula is C14H27N3O3. The summed E-state index contributed by atoms with van der Waals surface area (Å²) < 4.78 is 0. The molecule has 0 aromatic rings. The van der Waals surface area contributed by atoms with Crippen molar-refractivity contribution in [2.75, 3.05) is 39.3 Å². The first-order valence-corrected chi connectivity index (χ1v) is 7.31. The summed E-state index contributed by atoms with van der Waals surface area (Å²) in [6, 6.07) is 0. The summed E-state index contributed by atoms with van der Waals surface area (Å²) in [4.78, 5) is 24.8. The third kappa shape index (κ3) is 7.45. The molecular weight excluding hydrogens is 258 g/mol. The van der Waals surface area contributed by atoms with Gasteiger partial charge in [0.2, 0.25) is 5.91 Å². The zero-order chi connectivity index (χ0) is 15.0. The molecule has 1 heterocycles. The number of nitrogens with zero attached hydrogens (tertiary/aromatic N) is 1. The molecule has 0 aliphatic carbocycles. The Morgan fingerprint density at radius 2 is 1.90 bits per heavy atom. The van der Waals surface area contributed by atoms with Gasteiger partial charge in [-0.1, -0.05) is 13.8 Å². The van der Waals surface area contributed by atoms with Gasteiger partial charge in [0.05, 0.1) is 6.42 Å². The lowest BCUT2D eigenvalue weighted by Gasteiger charge is -2.27. The van der Waals surface area contributed by atoms with Crippen LogP contribution >= 0.6 is 0 Å². The number of aliphatic carboxylic acids is 1. The van der Waals surface area contributed by atoms with Crippen molar-refractivity contribution in [1.29, 1.82) is 0 Å². The molecule has 6 heteroatoms. The Bertz CT molecular complexity index is 326. The van der Waals surface area contributed by atoms with Crippen LogP contribution in [0.3, 0.4) is 0 Å². The van der Waals surface area contributed by atoms with E-state index in [1.807, 2.05) is 0 Å². The predicted octanol–water partition coefficient (Wildman–Crippen LogP) is 0.289. The summed E-state index contributed by atoms with van der Waals surface area (Å²) in [5.41, 5.74) is -0.492. The smallest absolute Gasteiger partial charge is 0.303 e. The van der Waals surface area contributed by atoms with Gasteiger partial charge in [-0.2, -0.15) is 0 Å². The highest BCUT2D eigenvalue weighted by Crippen LogP contribution is 2.24. The molecule has 0 atom stereocenters. The number of carboxylic acid groups (broad SMARTS) is 1. The van der Waals surface area contributed by atoms with Crippen molar-refractivity contribution >= 4 is 11.9 Å². The first kappa shape index (κ1) is 16.9. The quantitative estimate of drug-likeness (QED) is 0.558. The fraction of sp³-hybridized carbons (Fsp3) is 0.857. The van der Waals surface area contributed by atoms with Gasteiger partial charge in [-0.15, -0.1) is 0 Å². The molecule has 3 N–H and O–H groups in total. The molecule has 0 spiro atoms. The second-order valence-electron chi connectivity index (χ2n) is 6.21. The Morgan fingerprint density at radius 3 is 2.50 bits per heavy atom. The summed E-state index contributed by atoms with van der Waals surface area (Å²) in [5, 5.41) is 15.0. The Kier molecular flexibility index (Phi) is 6.95. The maximum atomic E-state index is 11.8. The Hall–Kier alpha value is -1.14. The number of rotatable bonds is 8. The predicted molar refractivity (Wildman–Crippen MR) is 77.6 cm³/mol. The molecule has 0 aromatic heterocycles. The lowest BCUT2D eigenvalue weighted by molar-refractivity contribution is -0.139. The van der Waals surface area contributed by atoms with E-state index in [0.717, 1.165) is 39.1 Å². The van der Waals surface area contributed by atoms with Crippen LogP contribution in [0.5, 0.6) is 0 Å². The Balaban J connectivity index is 2.11. The van der Waals surface area contributed by atoms with Crippen molar-refractivity contribution in [3.63, 3.8) is 0 Å². The molecule has 1 rings (SSSR count). The Labute approximate surface area is 120 Å². The highest BCUT2D eigenvalue weighted by atomic mass is 16.4. The fourth-order valence-electron chi connectivity index (χ4n) is 2.43. The maximum Gasteiger partial charge on any atom is 0.303 e. The molecule has 1 aliphatic heterocycles. The zero-order valence-corrected chi connectivity index (χ0v) is 12.6. The van der Waals surface area contributed by atoms with E-state index in [-0.39, 0.29) is 18.7 Å². The lowest BCUT2D eigenvalue weighted by atomic mass is 9.85. The minimum absolute atomic E-state index is 0.0151. The molecule has 1 fully saturated rings. The molecule has 1 saturated heterocycles. The molecule has 0 bridgehead atoms. The van der Waals surface area contributed by atoms with Crippen molar-refractivity contribution in [2.24, 2.45) is 5.41 Å². The highest BCUT2D eigenvalue weighted by Gasteiger charge is 2.24. The van der Waals surface area contributed by atoms with Gasteiger partial charge in [-0.25, -0.2) is 0 Å². The van der Waals surface area contributed by atoms with Gasteiger partial charge in [-0.05, 0) is 18.4 Å². The fourth-order valence-corrected chi connectivity index (χ4v) is 2.43. The molecule has 0 aromatic carbocycles. The third-order valence-corrected chi connectivity index (χ3v) is 3.45. The summed E-state index contributed by atoms with van der Waals surface area (Å²) in [6.07, 6.45) is 1.21. The summed E-state index contributed by atoms with van der Waals surface area (Å²) in [6.45, 7) is 9.49. The first-order chi connectivity index (χ1) is 9.39. The molecule has 116 valence electrons. The van der Waals surface area contributed by atoms with Gasteiger partial charge in [0, 0.05) is 39.1 Å². The number of piperazine rings is 1. The Morgan fingerprint density at radius 1 is 1.25 bits per heavy atom. The normalized spacial score (nSPS) is 16.9. The number of nitrogens with one attached hydrogen (secondary N) is 2. The molecule has 0 unspecified atom stereocenters. The van der Waals surface area contributed by atoms with E-state index in [2.05, 4.69) is 15.5 Å². The second kappa shape index (κ2) is 8.21. The van der Waals surface area contributed by atoms with Crippen LogP contribution in [0.25, 0.3) is 0 Å². The van der Waals surface area contributed by atoms with E-state index in [9.17, 15) is 9.59 Å². The van der Waals surface area contributed by atoms with E-state index < -0.39 is 11.4 Å². The van der Waals surface area contributed by atoms with Crippen LogP contribution in [-0.4, -0.2) is 61.2 Å². The molecule has 1 amide bonds. The summed E-state index contributed by atoms with van der Waals surface area (Å²) in [7, 11) is 0. The summed E-state index contributed by atoms with van der Waals surface area (Å²) >= 11 is 0. The van der Waals surface area contributed by atoms with Gasteiger partial charge >= 0.3 is 5.97 Å². The number of hydrogen-bond donors (Lipinski definition) is 3. The van der Waals surface area contributed by atoms with Gasteiger partial charge in [-0.3, -0.25) is 9.59 Å². The third-order valence-electron chi connectivity index (χ3n) is 3.45. The van der Waals surface area contributed by atoms with Gasteiger partial charge in [0.15, 0.2) is 0 Å². The van der Waals surface area contributed by atoms with E-state index in [0.29, 0.717) is 6.54 Å². The lowest BCUT2D eigenvalue weighted by Crippen LogP contribution is -2.44. The molecule has 0 saturated carbocycles. The molecule has 0 radical (unpaired) electrons. The van der Waals surface area contributed by atoms with Gasteiger partial charge in [0.1, 0.15) is 0 Å². The van der Waals surface area contributed by atoms with E-state index in [1.165, 1.54) is 0 Å². The van der Waals surface area contributed by atoms with Gasteiger partial charge in [0.25, 0.3) is 0 Å². The SMILES string of the molecule is CC(C)(CC(=O)O)CC(=O)NCCCN1CCNCC1. The van der Waals surface area contributed by atoms with Crippen molar-refractivity contribution < 1.29 is 14.7 Å². The highest BCUT2D eigenvalue weighted by molar-refractivity contribution is 5.77. The number of carbonyl (C=O) groups excluding carboxylic acids is 1. The van der Waals surface area contributed by atoms with Crippen molar-refractivity contribution in [3.05, 3.63) is 0 Å². The van der Waals surface area contributed by atoms with Crippen LogP contribution in [0, 0.1) is 5.41 Å². The number of amides is 1. The number of carbonyl (C=O) groups is 2. The monoisotopic (exact) mass is 285 g/mol. The zero-order valence-electron chi connectivity index (χ0n) is 12.6. The topological polar surface area (TPSA) is 81.7 Å². The van der Waals surface area contributed by atoms with Gasteiger partial charge < -0.3 is 20.6 Å². The second-order valence-corrected chi connectivity index (χ2v) is 6.21. The number of hydrogen-bond acceptors (Lipinski definition) is 4. The van der Waals surface area contributed by atoms with Crippen LogP contribution in [-0.2, 0) is 9.59 Å². The average molecular weight is 285 g/mol. The summed E-state index contributed by atoms with van der Waals surface area (Å²) in [5.74, 6) is -0.918. The van der Waals surface area contributed by atoms with Crippen molar-refractivity contribution in [1.82, 2.24) is 15.5 Å². The minimum Gasteiger partial charge on any atom is -0.481 e.